The largest absolute Gasteiger partial charge is 0.380 e. The summed E-state index contributed by atoms with van der Waals surface area (Å²) in [4.78, 5) is 0. The molecule has 84 valence electrons. The smallest absolute Gasteiger partial charge is 0.0667 e. The predicted molar refractivity (Wildman–Crippen MR) is 67.0 cm³/mol. The van der Waals surface area contributed by atoms with Crippen molar-refractivity contribution in [2.45, 2.75) is 26.0 Å². The normalized spacial score (nSPS) is 14.9. The van der Waals surface area contributed by atoms with Crippen molar-refractivity contribution in [2.75, 3.05) is 13.7 Å². The van der Waals surface area contributed by atoms with Gasteiger partial charge in [-0.25, -0.2) is 0 Å². The van der Waals surface area contributed by atoms with Gasteiger partial charge in [0.1, 0.15) is 0 Å². The molecule has 15 heavy (non-hydrogen) atoms. The van der Waals surface area contributed by atoms with Crippen molar-refractivity contribution >= 4 is 15.9 Å². The SMILES string of the molecule is COC(C)CN[C@H](C)c1ccccc1Br. The van der Waals surface area contributed by atoms with E-state index in [1.54, 1.807) is 7.11 Å². The molecule has 1 N–H and O–H groups in total. The second-order valence-corrected chi connectivity index (χ2v) is 4.55. The third-order valence-electron chi connectivity index (χ3n) is 2.49. The van der Waals surface area contributed by atoms with Crippen LogP contribution in [-0.2, 0) is 4.74 Å². The minimum absolute atomic E-state index is 0.245. The van der Waals surface area contributed by atoms with Crippen LogP contribution in [0.15, 0.2) is 28.7 Å². The highest BCUT2D eigenvalue weighted by Crippen LogP contribution is 2.22. The van der Waals surface area contributed by atoms with Crippen LogP contribution in [0.2, 0.25) is 0 Å². The highest BCUT2D eigenvalue weighted by atomic mass is 79.9. The lowest BCUT2D eigenvalue weighted by Crippen LogP contribution is -2.28. The van der Waals surface area contributed by atoms with Crippen LogP contribution in [0.1, 0.15) is 25.5 Å². The predicted octanol–water partition coefficient (Wildman–Crippen LogP) is 3.13. The van der Waals surface area contributed by atoms with E-state index in [0.717, 1.165) is 11.0 Å². The van der Waals surface area contributed by atoms with E-state index in [1.807, 2.05) is 6.07 Å². The average molecular weight is 272 g/mol. The van der Waals surface area contributed by atoms with Gasteiger partial charge in [-0.15, -0.1) is 0 Å². The summed E-state index contributed by atoms with van der Waals surface area (Å²) in [5.41, 5.74) is 1.28. The fraction of sp³-hybridized carbons (Fsp3) is 0.500. The standard InChI is InChI=1S/C12H18BrNO/c1-9(15-3)8-14-10(2)11-6-4-5-7-12(11)13/h4-7,9-10,14H,8H2,1-3H3/t9?,10-/m1/s1. The van der Waals surface area contributed by atoms with Crippen molar-refractivity contribution in [2.24, 2.45) is 0 Å². The first-order chi connectivity index (χ1) is 7.15. The van der Waals surface area contributed by atoms with Gasteiger partial charge < -0.3 is 10.1 Å². The van der Waals surface area contributed by atoms with Crippen LogP contribution < -0.4 is 5.32 Å². The molecule has 0 fully saturated rings. The molecule has 2 atom stereocenters. The fourth-order valence-corrected chi connectivity index (χ4v) is 1.99. The van der Waals surface area contributed by atoms with Gasteiger partial charge in [0.05, 0.1) is 6.10 Å². The van der Waals surface area contributed by atoms with E-state index in [1.165, 1.54) is 5.56 Å². The Kier molecular flexibility index (Phi) is 5.29. The Morgan fingerprint density at radius 1 is 1.33 bits per heavy atom. The van der Waals surface area contributed by atoms with Gasteiger partial charge in [0.2, 0.25) is 0 Å². The van der Waals surface area contributed by atoms with Crippen molar-refractivity contribution in [3.63, 3.8) is 0 Å². The zero-order valence-electron chi connectivity index (χ0n) is 9.46. The number of benzene rings is 1. The van der Waals surface area contributed by atoms with Crippen molar-refractivity contribution in [3.05, 3.63) is 34.3 Å². The first-order valence-electron chi connectivity index (χ1n) is 5.15. The van der Waals surface area contributed by atoms with Gasteiger partial charge >= 0.3 is 0 Å². The Labute approximate surface area is 100 Å². The molecule has 3 heteroatoms. The maximum absolute atomic E-state index is 5.19. The van der Waals surface area contributed by atoms with Crippen LogP contribution in [0.4, 0.5) is 0 Å². The number of rotatable bonds is 5. The van der Waals surface area contributed by atoms with Gasteiger partial charge in [0.25, 0.3) is 0 Å². The van der Waals surface area contributed by atoms with Crippen molar-refractivity contribution in [1.29, 1.82) is 0 Å². The summed E-state index contributed by atoms with van der Waals surface area (Å²) in [6, 6.07) is 8.60. The van der Waals surface area contributed by atoms with E-state index in [2.05, 4.69) is 53.3 Å². The Morgan fingerprint density at radius 3 is 2.60 bits per heavy atom. The van der Waals surface area contributed by atoms with Crippen molar-refractivity contribution < 1.29 is 4.74 Å². The zero-order chi connectivity index (χ0) is 11.3. The highest BCUT2D eigenvalue weighted by molar-refractivity contribution is 9.10. The summed E-state index contributed by atoms with van der Waals surface area (Å²) in [5, 5.41) is 3.44. The van der Waals surface area contributed by atoms with Gasteiger partial charge in [0.15, 0.2) is 0 Å². The molecule has 0 aliphatic rings. The first kappa shape index (κ1) is 12.7. The molecule has 0 heterocycles. The fourth-order valence-electron chi connectivity index (χ4n) is 1.36. The van der Waals surface area contributed by atoms with Gasteiger partial charge in [-0.1, -0.05) is 34.1 Å². The van der Waals surface area contributed by atoms with E-state index < -0.39 is 0 Å². The van der Waals surface area contributed by atoms with Crippen LogP contribution in [-0.4, -0.2) is 19.8 Å². The van der Waals surface area contributed by atoms with Crippen LogP contribution in [0.25, 0.3) is 0 Å². The number of methoxy groups -OCH3 is 1. The summed E-state index contributed by atoms with van der Waals surface area (Å²) in [6.07, 6.45) is 0.245. The lowest BCUT2D eigenvalue weighted by molar-refractivity contribution is 0.115. The molecule has 0 aromatic heterocycles. The molecule has 0 aliphatic heterocycles. The highest BCUT2D eigenvalue weighted by Gasteiger charge is 2.09. The van der Waals surface area contributed by atoms with Gasteiger partial charge in [-0.05, 0) is 25.5 Å². The Bertz CT molecular complexity index is 303. The third kappa shape index (κ3) is 3.93. The first-order valence-corrected chi connectivity index (χ1v) is 5.95. The topological polar surface area (TPSA) is 21.3 Å². The Morgan fingerprint density at radius 2 is 2.00 bits per heavy atom. The van der Waals surface area contributed by atoms with E-state index in [9.17, 15) is 0 Å². The van der Waals surface area contributed by atoms with E-state index >= 15 is 0 Å². The molecule has 0 spiro atoms. The lowest BCUT2D eigenvalue weighted by atomic mass is 10.1. The minimum atomic E-state index is 0.245. The molecule has 0 bridgehead atoms. The minimum Gasteiger partial charge on any atom is -0.380 e. The van der Waals surface area contributed by atoms with E-state index in [4.69, 9.17) is 4.74 Å². The Balaban J connectivity index is 2.54. The number of hydrogen-bond acceptors (Lipinski definition) is 2. The second kappa shape index (κ2) is 6.26. The quantitative estimate of drug-likeness (QED) is 0.889. The zero-order valence-corrected chi connectivity index (χ0v) is 11.0. The van der Waals surface area contributed by atoms with Gasteiger partial charge in [-0.3, -0.25) is 0 Å². The number of halogens is 1. The molecule has 0 aliphatic carbocycles. The van der Waals surface area contributed by atoms with E-state index in [-0.39, 0.29) is 6.10 Å². The third-order valence-corrected chi connectivity index (χ3v) is 3.21. The molecule has 2 nitrogen and oxygen atoms in total. The monoisotopic (exact) mass is 271 g/mol. The molecular formula is C12H18BrNO. The number of ether oxygens (including phenoxy) is 1. The summed E-state index contributed by atoms with van der Waals surface area (Å²) in [6.45, 7) is 5.07. The maximum Gasteiger partial charge on any atom is 0.0667 e. The molecule has 0 radical (unpaired) electrons. The Hall–Kier alpha value is -0.380. The molecular weight excluding hydrogens is 254 g/mol. The second-order valence-electron chi connectivity index (χ2n) is 3.70. The van der Waals surface area contributed by atoms with Gasteiger partial charge in [0, 0.05) is 24.2 Å². The van der Waals surface area contributed by atoms with Crippen LogP contribution in [0, 0.1) is 0 Å². The molecule has 1 aromatic rings. The van der Waals surface area contributed by atoms with Crippen LogP contribution in [0.3, 0.4) is 0 Å². The van der Waals surface area contributed by atoms with Crippen molar-refractivity contribution in [1.82, 2.24) is 5.32 Å². The summed E-state index contributed by atoms with van der Waals surface area (Å²) >= 11 is 3.55. The average Bonchev–Trinajstić information content (AvgIpc) is 2.26. The summed E-state index contributed by atoms with van der Waals surface area (Å²) in [5.74, 6) is 0. The number of hydrogen-bond donors (Lipinski definition) is 1. The molecule has 0 saturated heterocycles. The van der Waals surface area contributed by atoms with Crippen LogP contribution in [0.5, 0.6) is 0 Å². The molecule has 0 saturated carbocycles. The van der Waals surface area contributed by atoms with E-state index in [0.29, 0.717) is 6.04 Å². The molecule has 1 rings (SSSR count). The van der Waals surface area contributed by atoms with Gasteiger partial charge in [-0.2, -0.15) is 0 Å². The molecule has 1 aromatic carbocycles. The van der Waals surface area contributed by atoms with Crippen molar-refractivity contribution in [3.8, 4) is 0 Å². The maximum atomic E-state index is 5.19. The number of nitrogens with one attached hydrogen (secondary N) is 1. The molecule has 0 amide bonds. The molecule has 1 unspecified atom stereocenters. The van der Waals surface area contributed by atoms with Crippen LogP contribution >= 0.6 is 15.9 Å². The summed E-state index contributed by atoms with van der Waals surface area (Å²) < 4.78 is 6.34. The lowest BCUT2D eigenvalue weighted by Gasteiger charge is -2.18. The summed E-state index contributed by atoms with van der Waals surface area (Å²) in [7, 11) is 1.73.